The standard InChI is InChI=1S/C31H43N3/c1-3-5-7-9-10-11-12-14-16-27-23-33-31(34-24-27)29-21-22-30(32-25-29)28-19-17-26(18-20-28)15-13-8-6-4-2/h17-25H,3-16H2,1-2H3. The van der Waals surface area contributed by atoms with Crippen molar-refractivity contribution in [2.24, 2.45) is 0 Å². The zero-order chi connectivity index (χ0) is 23.8. The molecule has 0 radical (unpaired) electrons. The van der Waals surface area contributed by atoms with Gasteiger partial charge in [0.2, 0.25) is 0 Å². The molecule has 0 atom stereocenters. The normalized spacial score (nSPS) is 11.1. The zero-order valence-corrected chi connectivity index (χ0v) is 21.4. The Morgan fingerprint density at radius 1 is 0.471 bits per heavy atom. The molecule has 3 rings (SSSR count). The van der Waals surface area contributed by atoms with Gasteiger partial charge < -0.3 is 0 Å². The van der Waals surface area contributed by atoms with Gasteiger partial charge in [0.15, 0.2) is 5.82 Å². The van der Waals surface area contributed by atoms with Crippen molar-refractivity contribution in [2.45, 2.75) is 104 Å². The highest BCUT2D eigenvalue weighted by atomic mass is 14.9. The Morgan fingerprint density at radius 2 is 1.00 bits per heavy atom. The summed E-state index contributed by atoms with van der Waals surface area (Å²) >= 11 is 0. The minimum atomic E-state index is 0.751. The largest absolute Gasteiger partial charge is 0.255 e. The summed E-state index contributed by atoms with van der Waals surface area (Å²) in [4.78, 5) is 13.9. The quantitative estimate of drug-likeness (QED) is 0.201. The van der Waals surface area contributed by atoms with Gasteiger partial charge in [0.25, 0.3) is 0 Å². The summed E-state index contributed by atoms with van der Waals surface area (Å²) in [6.07, 6.45) is 24.1. The highest BCUT2D eigenvalue weighted by Crippen LogP contribution is 2.22. The van der Waals surface area contributed by atoms with Gasteiger partial charge in [-0.2, -0.15) is 0 Å². The molecule has 3 heteroatoms. The molecule has 3 nitrogen and oxygen atoms in total. The molecule has 182 valence electrons. The predicted octanol–water partition coefficient (Wildman–Crippen LogP) is 9.01. The molecule has 0 bridgehead atoms. The molecule has 1 aromatic carbocycles. The molecule has 0 aliphatic rings. The van der Waals surface area contributed by atoms with E-state index in [9.17, 15) is 0 Å². The van der Waals surface area contributed by atoms with Crippen LogP contribution in [0.15, 0.2) is 55.0 Å². The molecule has 0 saturated carbocycles. The maximum atomic E-state index is 4.68. The molecule has 34 heavy (non-hydrogen) atoms. The van der Waals surface area contributed by atoms with Crippen molar-refractivity contribution in [3.8, 4) is 22.6 Å². The van der Waals surface area contributed by atoms with Gasteiger partial charge in [0, 0.05) is 29.7 Å². The molecule has 2 heterocycles. The van der Waals surface area contributed by atoms with Gasteiger partial charge in [-0.25, -0.2) is 9.97 Å². The fourth-order valence-corrected chi connectivity index (χ4v) is 4.39. The number of hydrogen-bond acceptors (Lipinski definition) is 3. The van der Waals surface area contributed by atoms with Crippen LogP contribution in [-0.4, -0.2) is 15.0 Å². The smallest absolute Gasteiger partial charge is 0.160 e. The van der Waals surface area contributed by atoms with Crippen LogP contribution in [0, 0.1) is 0 Å². The van der Waals surface area contributed by atoms with Crippen LogP contribution < -0.4 is 0 Å². The van der Waals surface area contributed by atoms with E-state index >= 15 is 0 Å². The summed E-state index contributed by atoms with van der Waals surface area (Å²) in [6, 6.07) is 13.0. The maximum absolute atomic E-state index is 4.68. The summed E-state index contributed by atoms with van der Waals surface area (Å²) in [7, 11) is 0. The highest BCUT2D eigenvalue weighted by Gasteiger charge is 2.05. The average molecular weight is 458 g/mol. The zero-order valence-electron chi connectivity index (χ0n) is 21.4. The van der Waals surface area contributed by atoms with Gasteiger partial charge >= 0.3 is 0 Å². The number of nitrogens with zero attached hydrogens (tertiary/aromatic N) is 3. The highest BCUT2D eigenvalue weighted by molar-refractivity contribution is 5.63. The van der Waals surface area contributed by atoms with E-state index in [1.165, 1.54) is 94.6 Å². The fourth-order valence-electron chi connectivity index (χ4n) is 4.39. The second-order valence-corrected chi connectivity index (χ2v) is 9.58. The summed E-state index contributed by atoms with van der Waals surface area (Å²) in [6.45, 7) is 4.53. The topological polar surface area (TPSA) is 38.7 Å². The molecular weight excluding hydrogens is 414 g/mol. The average Bonchev–Trinajstić information content (AvgIpc) is 2.89. The van der Waals surface area contributed by atoms with Crippen LogP contribution in [-0.2, 0) is 12.8 Å². The van der Waals surface area contributed by atoms with Gasteiger partial charge in [-0.05, 0) is 48.9 Å². The van der Waals surface area contributed by atoms with Crippen molar-refractivity contribution >= 4 is 0 Å². The predicted molar refractivity (Wildman–Crippen MR) is 145 cm³/mol. The summed E-state index contributed by atoms with van der Waals surface area (Å²) in [5.41, 5.74) is 5.76. The first kappa shape index (κ1) is 26.1. The molecule has 0 aliphatic heterocycles. The molecule has 3 aromatic rings. The molecule has 0 spiro atoms. The Labute approximate surface area is 207 Å². The van der Waals surface area contributed by atoms with Crippen molar-refractivity contribution in [1.29, 1.82) is 0 Å². The van der Waals surface area contributed by atoms with E-state index in [-0.39, 0.29) is 0 Å². The van der Waals surface area contributed by atoms with E-state index in [2.05, 4.69) is 65.2 Å². The Balaban J connectivity index is 1.44. The van der Waals surface area contributed by atoms with Crippen molar-refractivity contribution in [1.82, 2.24) is 15.0 Å². The van der Waals surface area contributed by atoms with E-state index in [0.29, 0.717) is 0 Å². The van der Waals surface area contributed by atoms with Gasteiger partial charge in [-0.3, -0.25) is 4.98 Å². The van der Waals surface area contributed by atoms with E-state index in [4.69, 9.17) is 0 Å². The molecule has 0 unspecified atom stereocenters. The summed E-state index contributed by atoms with van der Waals surface area (Å²) < 4.78 is 0. The molecule has 0 N–H and O–H groups in total. The van der Waals surface area contributed by atoms with E-state index in [0.717, 1.165) is 29.1 Å². The Morgan fingerprint density at radius 3 is 1.59 bits per heavy atom. The van der Waals surface area contributed by atoms with Gasteiger partial charge in [0.1, 0.15) is 0 Å². The minimum Gasteiger partial charge on any atom is -0.255 e. The third-order valence-corrected chi connectivity index (χ3v) is 6.61. The lowest BCUT2D eigenvalue weighted by Crippen LogP contribution is -1.94. The van der Waals surface area contributed by atoms with Crippen LogP contribution in [0.4, 0.5) is 0 Å². The number of benzene rings is 1. The lowest BCUT2D eigenvalue weighted by atomic mass is 10.0. The SMILES string of the molecule is CCCCCCCCCCc1cnc(-c2ccc(-c3ccc(CCCCCC)cc3)nc2)nc1. The lowest BCUT2D eigenvalue weighted by Gasteiger charge is -2.06. The molecule has 0 amide bonds. The fraction of sp³-hybridized carbons (Fsp3) is 0.516. The first-order chi connectivity index (χ1) is 16.8. The number of pyridine rings is 1. The molecule has 0 fully saturated rings. The number of rotatable bonds is 16. The van der Waals surface area contributed by atoms with Crippen LogP contribution in [0.2, 0.25) is 0 Å². The van der Waals surface area contributed by atoms with Crippen LogP contribution in [0.1, 0.15) is 102 Å². The van der Waals surface area contributed by atoms with Crippen molar-refractivity contribution in [3.63, 3.8) is 0 Å². The Bertz CT molecular complexity index is 914. The van der Waals surface area contributed by atoms with Crippen LogP contribution in [0.25, 0.3) is 22.6 Å². The molecule has 0 saturated heterocycles. The van der Waals surface area contributed by atoms with Crippen molar-refractivity contribution in [3.05, 3.63) is 66.1 Å². The van der Waals surface area contributed by atoms with Crippen LogP contribution in [0.5, 0.6) is 0 Å². The third kappa shape index (κ3) is 9.00. The number of unbranched alkanes of at least 4 members (excludes halogenated alkanes) is 10. The number of hydrogen-bond donors (Lipinski definition) is 0. The second kappa shape index (κ2) is 15.4. The van der Waals surface area contributed by atoms with E-state index in [1.807, 2.05) is 18.6 Å². The molecule has 2 aromatic heterocycles. The molecular formula is C31H43N3. The second-order valence-electron chi connectivity index (χ2n) is 9.58. The first-order valence-electron chi connectivity index (χ1n) is 13.7. The summed E-state index contributed by atoms with van der Waals surface area (Å²) in [5, 5.41) is 0. The molecule has 0 aliphatic carbocycles. The maximum Gasteiger partial charge on any atom is 0.160 e. The minimum absolute atomic E-state index is 0.751. The van der Waals surface area contributed by atoms with Gasteiger partial charge in [0.05, 0.1) is 5.69 Å². The van der Waals surface area contributed by atoms with Crippen molar-refractivity contribution < 1.29 is 0 Å². The van der Waals surface area contributed by atoms with Crippen molar-refractivity contribution in [2.75, 3.05) is 0 Å². The van der Waals surface area contributed by atoms with Crippen LogP contribution >= 0.6 is 0 Å². The van der Waals surface area contributed by atoms with Gasteiger partial charge in [-0.1, -0.05) is 102 Å². The van der Waals surface area contributed by atoms with Crippen LogP contribution in [0.3, 0.4) is 0 Å². The summed E-state index contributed by atoms with van der Waals surface area (Å²) in [5.74, 6) is 0.751. The Kier molecular flexibility index (Phi) is 11.8. The lowest BCUT2D eigenvalue weighted by molar-refractivity contribution is 0.575. The van der Waals surface area contributed by atoms with E-state index in [1.54, 1.807) is 0 Å². The number of aromatic nitrogens is 3. The van der Waals surface area contributed by atoms with E-state index < -0.39 is 0 Å². The monoisotopic (exact) mass is 457 g/mol. The first-order valence-corrected chi connectivity index (χ1v) is 13.7. The Hall–Kier alpha value is -2.55. The third-order valence-electron chi connectivity index (χ3n) is 6.61. The van der Waals surface area contributed by atoms with Gasteiger partial charge in [-0.15, -0.1) is 0 Å². The number of aryl methyl sites for hydroxylation is 2.